The number of hydrogen-bond acceptors (Lipinski definition) is 3. The van der Waals surface area contributed by atoms with Crippen LogP contribution in [0.1, 0.15) is 73.4 Å². The molecule has 1 unspecified atom stereocenters. The van der Waals surface area contributed by atoms with Crippen molar-refractivity contribution in [2.45, 2.75) is 65.0 Å². The van der Waals surface area contributed by atoms with Crippen LogP contribution in [0.2, 0.25) is 0 Å². The zero-order chi connectivity index (χ0) is 27.5. The van der Waals surface area contributed by atoms with Gasteiger partial charge in [-0.2, -0.15) is 0 Å². The average Bonchev–Trinajstić information content (AvgIpc) is 3.69. The van der Waals surface area contributed by atoms with Crippen LogP contribution in [0.3, 0.4) is 0 Å². The van der Waals surface area contributed by atoms with Crippen molar-refractivity contribution in [2.24, 2.45) is 10.9 Å². The van der Waals surface area contributed by atoms with Crippen molar-refractivity contribution < 1.29 is 14.3 Å². The third kappa shape index (κ3) is 6.45. The summed E-state index contributed by atoms with van der Waals surface area (Å²) in [5, 5.41) is 14.3. The molecule has 0 aliphatic heterocycles. The van der Waals surface area contributed by atoms with Crippen molar-refractivity contribution in [3.63, 3.8) is 0 Å². The molecule has 0 bridgehead atoms. The number of hydrogen-bond donors (Lipinski definition) is 3. The molecule has 1 aliphatic carbocycles. The van der Waals surface area contributed by atoms with Crippen LogP contribution in [-0.4, -0.2) is 27.9 Å². The third-order valence-electron chi connectivity index (χ3n) is 7.71. The highest BCUT2D eigenvalue weighted by molar-refractivity contribution is 6.08. The number of aromatic amines is 1. The van der Waals surface area contributed by atoms with Gasteiger partial charge in [-0.15, -0.1) is 0 Å². The van der Waals surface area contributed by atoms with Gasteiger partial charge in [0.05, 0.1) is 0 Å². The van der Waals surface area contributed by atoms with E-state index in [1.165, 1.54) is 12.1 Å². The number of rotatable bonds is 10. The predicted octanol–water partition coefficient (Wildman–Crippen LogP) is 8.00. The van der Waals surface area contributed by atoms with E-state index < -0.39 is 6.23 Å². The summed E-state index contributed by atoms with van der Waals surface area (Å²) in [5.41, 5.74) is 6.90. The van der Waals surface area contributed by atoms with Crippen molar-refractivity contribution in [3.8, 4) is 11.1 Å². The molecule has 1 aromatic heterocycles. The summed E-state index contributed by atoms with van der Waals surface area (Å²) in [5.74, 6) is 1.17. The molecule has 1 fully saturated rings. The van der Waals surface area contributed by atoms with Crippen molar-refractivity contribution in [2.75, 3.05) is 5.32 Å². The second kappa shape index (κ2) is 11.5. The Balaban J connectivity index is 1.26. The number of nitrogens with zero attached hydrogens (tertiary/aromatic N) is 1. The molecule has 0 saturated heterocycles. The van der Waals surface area contributed by atoms with E-state index in [1.807, 2.05) is 44.3 Å². The number of aromatic nitrogens is 1. The molecule has 1 aliphatic rings. The summed E-state index contributed by atoms with van der Waals surface area (Å²) in [6.07, 6.45) is 5.39. The number of fused-ring (bicyclic) bond motifs is 1. The summed E-state index contributed by atoms with van der Waals surface area (Å²) in [4.78, 5) is 20.8. The number of amidine groups is 1. The molecule has 4 aromatic rings. The largest absolute Gasteiger partial charge is 0.371 e. The van der Waals surface area contributed by atoms with Crippen molar-refractivity contribution >= 4 is 28.2 Å². The van der Waals surface area contributed by atoms with E-state index in [-0.39, 0.29) is 17.5 Å². The van der Waals surface area contributed by atoms with Crippen LogP contribution < -0.4 is 5.32 Å². The van der Waals surface area contributed by atoms with Gasteiger partial charge in [0.1, 0.15) is 17.9 Å². The van der Waals surface area contributed by atoms with Gasteiger partial charge >= 0.3 is 0 Å². The maximum Gasteiger partial charge on any atom is 0.165 e. The number of Topliss-reactive ketones (excluding diaryl/α,β-unsaturated/α-hetero) is 1. The highest BCUT2D eigenvalue weighted by Gasteiger charge is 2.29. The molecule has 5 nitrogen and oxygen atoms in total. The average molecular weight is 526 g/mol. The fraction of sp³-hybridized carbons (Fsp3) is 0.333. The molecule has 5 rings (SSSR count). The highest BCUT2D eigenvalue weighted by atomic mass is 19.1. The van der Waals surface area contributed by atoms with Crippen LogP contribution >= 0.6 is 0 Å². The summed E-state index contributed by atoms with van der Waals surface area (Å²) < 4.78 is 13.2. The van der Waals surface area contributed by atoms with Crippen LogP contribution in [0, 0.1) is 18.7 Å². The molecular formula is C33H36FN3O2. The first-order chi connectivity index (χ1) is 18.8. The monoisotopic (exact) mass is 525 g/mol. The van der Waals surface area contributed by atoms with E-state index in [0.717, 1.165) is 70.1 Å². The lowest BCUT2D eigenvalue weighted by molar-refractivity contribution is 0.0980. The van der Waals surface area contributed by atoms with Crippen LogP contribution in [0.5, 0.6) is 0 Å². The normalized spacial score (nSPS) is 15.4. The maximum atomic E-state index is 13.2. The number of ketones is 1. The molecule has 0 radical (unpaired) electrons. The lowest BCUT2D eigenvalue weighted by Crippen LogP contribution is -2.15. The lowest BCUT2D eigenvalue weighted by Gasteiger charge is -2.13. The molecular weight excluding hydrogens is 489 g/mol. The number of carbonyl (C=O) groups is 1. The maximum absolute atomic E-state index is 13.2. The number of anilines is 1. The second-order valence-electron chi connectivity index (χ2n) is 10.9. The Morgan fingerprint density at radius 2 is 1.82 bits per heavy atom. The van der Waals surface area contributed by atoms with Crippen molar-refractivity contribution in [1.82, 2.24) is 4.98 Å². The Morgan fingerprint density at radius 3 is 2.54 bits per heavy atom. The minimum Gasteiger partial charge on any atom is -0.371 e. The zero-order valence-corrected chi connectivity index (χ0v) is 22.8. The van der Waals surface area contributed by atoms with Crippen LogP contribution in [0.15, 0.2) is 71.9 Å². The second-order valence-corrected chi connectivity index (χ2v) is 10.9. The van der Waals surface area contributed by atoms with Gasteiger partial charge in [-0.05, 0) is 104 Å². The van der Waals surface area contributed by atoms with Crippen molar-refractivity contribution in [1.29, 1.82) is 0 Å². The summed E-state index contributed by atoms with van der Waals surface area (Å²) in [6, 6.07) is 19.0. The Hall–Kier alpha value is -3.77. The molecule has 3 aromatic carbocycles. The summed E-state index contributed by atoms with van der Waals surface area (Å²) >= 11 is 0. The van der Waals surface area contributed by atoms with Gasteiger partial charge in [0.25, 0.3) is 0 Å². The molecule has 2 atom stereocenters. The third-order valence-corrected chi connectivity index (χ3v) is 7.71. The van der Waals surface area contributed by atoms with E-state index in [9.17, 15) is 14.3 Å². The number of aliphatic imine (C=N–C) groups is 1. The topological polar surface area (TPSA) is 77.5 Å². The van der Waals surface area contributed by atoms with E-state index in [4.69, 9.17) is 0 Å². The number of carbonyl (C=O) groups excluding carboxylic acids is 1. The first-order valence-electron chi connectivity index (χ1n) is 13.8. The van der Waals surface area contributed by atoms with E-state index in [2.05, 4.69) is 46.5 Å². The lowest BCUT2D eigenvalue weighted by atomic mass is 9.93. The van der Waals surface area contributed by atoms with Gasteiger partial charge in [0.15, 0.2) is 5.78 Å². The first-order valence-corrected chi connectivity index (χ1v) is 13.8. The van der Waals surface area contributed by atoms with Crippen LogP contribution in [0.4, 0.5) is 10.1 Å². The number of benzene rings is 3. The van der Waals surface area contributed by atoms with Gasteiger partial charge in [-0.3, -0.25) is 4.79 Å². The smallest absolute Gasteiger partial charge is 0.165 e. The fourth-order valence-corrected chi connectivity index (χ4v) is 5.10. The zero-order valence-electron chi connectivity index (χ0n) is 22.8. The minimum absolute atomic E-state index is 0.128. The van der Waals surface area contributed by atoms with Crippen molar-refractivity contribution in [3.05, 3.63) is 89.4 Å². The molecule has 0 spiro atoms. The van der Waals surface area contributed by atoms with Gasteiger partial charge in [0.2, 0.25) is 0 Å². The van der Waals surface area contributed by atoms with Gasteiger partial charge in [-0.1, -0.05) is 31.2 Å². The SMILES string of the molecule is CC(=NC(O)C1CC1)Nc1ccc(-c2ccc3[nH]cc(C(=O)CCC[C@H](C)c4ccc(F)cc4)c3c2)cc1C. The molecule has 0 amide bonds. The van der Waals surface area contributed by atoms with E-state index >= 15 is 0 Å². The number of aliphatic hydroxyl groups is 1. The molecule has 202 valence electrons. The number of aryl methyl sites for hydroxylation is 1. The molecule has 39 heavy (non-hydrogen) atoms. The number of H-pyrrole nitrogens is 1. The Morgan fingerprint density at radius 1 is 1.10 bits per heavy atom. The quantitative estimate of drug-likeness (QED) is 0.112. The fourth-order valence-electron chi connectivity index (χ4n) is 5.10. The molecule has 1 heterocycles. The van der Waals surface area contributed by atoms with Gasteiger partial charge in [-0.25, -0.2) is 9.38 Å². The molecule has 1 saturated carbocycles. The standard InChI is InChI=1S/C33H36FN3O2/c1-20(23-9-13-27(34)14-10-23)5-4-6-32(38)29-19-35-31-16-12-26(18-28(29)31)25-11-15-30(21(2)17-25)36-22(3)37-33(39)24-7-8-24/h9-20,24,33,35,39H,4-8H2,1-3H3,(H,36,37)/t20-,33?/m0/s1. The van der Waals surface area contributed by atoms with Gasteiger partial charge < -0.3 is 15.4 Å². The Labute approximate surface area is 229 Å². The summed E-state index contributed by atoms with van der Waals surface area (Å²) in [6.45, 7) is 6.04. The molecule has 3 N–H and O–H groups in total. The first kappa shape index (κ1) is 26.8. The Bertz CT molecular complexity index is 1500. The van der Waals surface area contributed by atoms with Crippen LogP contribution in [-0.2, 0) is 0 Å². The highest BCUT2D eigenvalue weighted by Crippen LogP contribution is 2.33. The van der Waals surface area contributed by atoms with E-state index in [0.29, 0.717) is 18.2 Å². The molecule has 6 heteroatoms. The Kier molecular flexibility index (Phi) is 7.94. The van der Waals surface area contributed by atoms with Crippen LogP contribution in [0.25, 0.3) is 22.0 Å². The summed E-state index contributed by atoms with van der Waals surface area (Å²) in [7, 11) is 0. The van der Waals surface area contributed by atoms with E-state index in [1.54, 1.807) is 0 Å². The number of aliphatic hydroxyl groups excluding tert-OH is 1. The minimum atomic E-state index is -0.625. The predicted molar refractivity (Wildman–Crippen MR) is 157 cm³/mol. The van der Waals surface area contributed by atoms with Gasteiger partial charge in [0, 0.05) is 40.7 Å². The number of nitrogens with one attached hydrogen (secondary N) is 2. The number of halogens is 1.